The highest BCUT2D eigenvalue weighted by Crippen LogP contribution is 2.42. The number of likely N-dealkylation sites (N-methyl/N-ethyl adjacent to an activating group) is 1. The van der Waals surface area contributed by atoms with Gasteiger partial charge >= 0.3 is 0 Å². The highest BCUT2D eigenvalue weighted by molar-refractivity contribution is 7.99. The lowest BCUT2D eigenvalue weighted by atomic mass is 9.95. The van der Waals surface area contributed by atoms with E-state index in [-0.39, 0.29) is 10.8 Å². The maximum absolute atomic E-state index is 13.5. The van der Waals surface area contributed by atoms with Gasteiger partial charge in [-0.25, -0.2) is 8.78 Å². The van der Waals surface area contributed by atoms with Crippen LogP contribution in [0.25, 0.3) is 0 Å². The molecule has 3 N–H and O–H groups in total. The summed E-state index contributed by atoms with van der Waals surface area (Å²) < 4.78 is 26.6. The third-order valence-electron chi connectivity index (χ3n) is 3.51. The number of nitrogens with one attached hydrogen (secondary N) is 1. The van der Waals surface area contributed by atoms with E-state index in [4.69, 9.17) is 5.73 Å². The Balaban J connectivity index is 2.15. The van der Waals surface area contributed by atoms with Crippen molar-refractivity contribution in [3.63, 3.8) is 0 Å². The molecule has 1 amide bonds. The zero-order valence-electron chi connectivity index (χ0n) is 10.6. The zero-order valence-corrected chi connectivity index (χ0v) is 11.4. The Bertz CT molecular complexity index is 494. The van der Waals surface area contributed by atoms with Crippen LogP contribution < -0.4 is 11.1 Å². The molecule has 6 heteroatoms. The zero-order chi connectivity index (χ0) is 14.0. The Morgan fingerprint density at radius 1 is 1.53 bits per heavy atom. The Morgan fingerprint density at radius 3 is 2.74 bits per heavy atom. The number of carbonyl (C=O) groups excluding carboxylic acids is 1. The average molecular weight is 286 g/mol. The quantitative estimate of drug-likeness (QED) is 0.785. The van der Waals surface area contributed by atoms with E-state index in [0.29, 0.717) is 5.75 Å². The summed E-state index contributed by atoms with van der Waals surface area (Å²) in [6, 6.07) is 3.29. The van der Waals surface area contributed by atoms with E-state index < -0.39 is 23.1 Å². The Labute approximate surface area is 114 Å². The lowest BCUT2D eigenvalue weighted by Gasteiger charge is -2.30. The highest BCUT2D eigenvalue weighted by Gasteiger charge is 2.48. The van der Waals surface area contributed by atoms with Crippen LogP contribution in [0.2, 0.25) is 0 Å². The molecule has 1 aliphatic carbocycles. The summed E-state index contributed by atoms with van der Waals surface area (Å²) in [6.45, 7) is 0. The first-order valence-electron chi connectivity index (χ1n) is 6.06. The number of carbonyl (C=O) groups is 1. The molecule has 2 rings (SSSR count). The number of halogens is 2. The van der Waals surface area contributed by atoms with Crippen LogP contribution in [0.1, 0.15) is 12.8 Å². The molecule has 0 heterocycles. The Kier molecular flexibility index (Phi) is 4.10. The van der Waals surface area contributed by atoms with E-state index in [9.17, 15) is 13.6 Å². The van der Waals surface area contributed by atoms with Gasteiger partial charge in [0.05, 0.1) is 0 Å². The van der Waals surface area contributed by atoms with E-state index in [1.54, 1.807) is 7.05 Å². The second-order valence-corrected chi connectivity index (χ2v) is 5.74. The summed E-state index contributed by atoms with van der Waals surface area (Å²) in [4.78, 5) is 11.9. The van der Waals surface area contributed by atoms with Crippen molar-refractivity contribution in [1.82, 2.24) is 5.32 Å². The molecule has 1 unspecified atom stereocenters. The molecular formula is C13H16F2N2OS. The first kappa shape index (κ1) is 14.3. The van der Waals surface area contributed by atoms with E-state index in [0.717, 1.165) is 42.8 Å². The number of hydrogen-bond acceptors (Lipinski definition) is 3. The lowest BCUT2D eigenvalue weighted by Crippen LogP contribution is -2.57. The van der Waals surface area contributed by atoms with Crippen LogP contribution in [0.15, 0.2) is 23.1 Å². The van der Waals surface area contributed by atoms with Gasteiger partial charge in [-0.2, -0.15) is 0 Å². The monoisotopic (exact) mass is 286 g/mol. The molecule has 1 aromatic rings. The van der Waals surface area contributed by atoms with Crippen LogP contribution in [0.4, 0.5) is 8.78 Å². The van der Waals surface area contributed by atoms with Crippen molar-refractivity contribution in [1.29, 1.82) is 0 Å². The topological polar surface area (TPSA) is 55.1 Å². The minimum atomic E-state index is -0.844. The number of benzene rings is 1. The molecule has 19 heavy (non-hydrogen) atoms. The van der Waals surface area contributed by atoms with Gasteiger partial charge in [0.25, 0.3) is 0 Å². The summed E-state index contributed by atoms with van der Waals surface area (Å²) in [5.41, 5.74) is 4.63. The van der Waals surface area contributed by atoms with Gasteiger partial charge in [0.1, 0.15) is 17.2 Å². The van der Waals surface area contributed by atoms with Crippen molar-refractivity contribution in [3.8, 4) is 0 Å². The van der Waals surface area contributed by atoms with Crippen molar-refractivity contribution < 1.29 is 13.6 Å². The fourth-order valence-electron chi connectivity index (χ4n) is 2.15. The van der Waals surface area contributed by atoms with Gasteiger partial charge in [-0.05, 0) is 44.0 Å². The molecule has 0 radical (unpaired) electrons. The molecule has 104 valence electrons. The SMILES string of the molecule is CNC(CSc1cc(F)ccc1F)(C(N)=O)C1CC1. The summed E-state index contributed by atoms with van der Waals surface area (Å²) in [6.07, 6.45) is 1.85. The average Bonchev–Trinajstić information content (AvgIpc) is 3.19. The molecule has 3 nitrogen and oxygen atoms in total. The fraction of sp³-hybridized carbons (Fsp3) is 0.462. The number of rotatable bonds is 6. The summed E-state index contributed by atoms with van der Waals surface area (Å²) in [5, 5.41) is 2.97. The van der Waals surface area contributed by atoms with Gasteiger partial charge < -0.3 is 11.1 Å². The normalized spacial score (nSPS) is 18.1. The number of nitrogens with two attached hydrogens (primary N) is 1. The van der Waals surface area contributed by atoms with Gasteiger partial charge in [-0.1, -0.05) is 0 Å². The van der Waals surface area contributed by atoms with Crippen LogP contribution in [0.5, 0.6) is 0 Å². The molecule has 0 aliphatic heterocycles. The standard InChI is InChI=1S/C13H16F2N2OS/c1-17-13(12(16)18,8-2-3-8)7-19-11-6-9(14)4-5-10(11)15/h4-6,8,17H,2-3,7H2,1H3,(H2,16,18). The van der Waals surface area contributed by atoms with E-state index in [2.05, 4.69) is 5.32 Å². The number of thioether (sulfide) groups is 1. The molecule has 0 aromatic heterocycles. The van der Waals surface area contributed by atoms with Crippen molar-refractivity contribution in [3.05, 3.63) is 29.8 Å². The molecule has 1 aromatic carbocycles. The highest BCUT2D eigenvalue weighted by atomic mass is 32.2. The molecule has 1 fully saturated rings. The van der Waals surface area contributed by atoms with Crippen molar-refractivity contribution in [2.75, 3.05) is 12.8 Å². The van der Waals surface area contributed by atoms with Crippen LogP contribution in [-0.2, 0) is 4.79 Å². The van der Waals surface area contributed by atoms with Crippen LogP contribution in [0, 0.1) is 17.6 Å². The Hall–Kier alpha value is -1.14. The number of hydrogen-bond donors (Lipinski definition) is 2. The van der Waals surface area contributed by atoms with Gasteiger partial charge in [0.15, 0.2) is 0 Å². The molecule has 1 aliphatic rings. The first-order valence-corrected chi connectivity index (χ1v) is 7.05. The molecule has 1 atom stereocenters. The number of primary amides is 1. The molecule has 0 bridgehead atoms. The summed E-state index contributed by atoms with van der Waals surface area (Å²) >= 11 is 1.11. The second kappa shape index (κ2) is 5.46. The maximum Gasteiger partial charge on any atom is 0.238 e. The predicted octanol–water partition coefficient (Wildman–Crippen LogP) is 1.91. The molecular weight excluding hydrogens is 270 g/mol. The number of amides is 1. The minimum absolute atomic E-state index is 0.180. The van der Waals surface area contributed by atoms with Crippen LogP contribution >= 0.6 is 11.8 Å². The van der Waals surface area contributed by atoms with Gasteiger partial charge in [-0.3, -0.25) is 4.79 Å². The predicted molar refractivity (Wildman–Crippen MR) is 70.8 cm³/mol. The van der Waals surface area contributed by atoms with Crippen molar-refractivity contribution >= 4 is 17.7 Å². The van der Waals surface area contributed by atoms with Crippen LogP contribution in [0.3, 0.4) is 0 Å². The van der Waals surface area contributed by atoms with Gasteiger partial charge in [0.2, 0.25) is 5.91 Å². The first-order chi connectivity index (χ1) is 8.99. The minimum Gasteiger partial charge on any atom is -0.368 e. The smallest absolute Gasteiger partial charge is 0.238 e. The van der Waals surface area contributed by atoms with E-state index in [1.807, 2.05) is 0 Å². The van der Waals surface area contributed by atoms with Crippen molar-refractivity contribution in [2.24, 2.45) is 11.7 Å². The van der Waals surface area contributed by atoms with Gasteiger partial charge in [-0.15, -0.1) is 11.8 Å². The second-order valence-electron chi connectivity index (χ2n) is 4.72. The molecule has 0 spiro atoms. The third-order valence-corrected chi connectivity index (χ3v) is 4.73. The maximum atomic E-state index is 13.5. The largest absolute Gasteiger partial charge is 0.368 e. The summed E-state index contributed by atoms with van der Waals surface area (Å²) in [5.74, 6) is -0.953. The molecule has 1 saturated carbocycles. The van der Waals surface area contributed by atoms with Crippen molar-refractivity contribution in [2.45, 2.75) is 23.3 Å². The van der Waals surface area contributed by atoms with Crippen LogP contribution in [-0.4, -0.2) is 24.2 Å². The summed E-state index contributed by atoms with van der Waals surface area (Å²) in [7, 11) is 1.67. The fourth-order valence-corrected chi connectivity index (χ4v) is 3.45. The van der Waals surface area contributed by atoms with E-state index in [1.165, 1.54) is 0 Å². The third kappa shape index (κ3) is 2.90. The molecule has 0 saturated heterocycles. The van der Waals surface area contributed by atoms with Gasteiger partial charge in [0, 0.05) is 10.6 Å². The lowest BCUT2D eigenvalue weighted by molar-refractivity contribution is -0.124. The Morgan fingerprint density at radius 2 is 2.21 bits per heavy atom. The van der Waals surface area contributed by atoms with E-state index >= 15 is 0 Å².